The number of anilines is 1. The Hall–Kier alpha value is -4.85. The highest BCUT2D eigenvalue weighted by atomic mass is 32.2. The summed E-state index contributed by atoms with van der Waals surface area (Å²) in [7, 11) is -8.45. The van der Waals surface area contributed by atoms with Gasteiger partial charge in [-0.15, -0.1) is 0 Å². The summed E-state index contributed by atoms with van der Waals surface area (Å²) in [5, 5.41) is 11.8. The Morgan fingerprint density at radius 1 is 0.758 bits per heavy atom. The molecule has 4 aromatic carbocycles. The number of unbranched alkanes of at least 4 members (excludes halogenated alkanes) is 4. The SMILES string of the molecule is CC1(C)C(/C=C/C2=C(Oc3ccc(S(=O)(=O)O)cc3)C(=C/C=C3/N(CCCCS(=O)(=O)O)c4ccccc4C3(C)C)/CCC2)=[N+](CCCCCCO)c2ccc3ccccc3c21. The molecule has 10 nitrogen and oxygen atoms in total. The molecule has 0 fully saturated rings. The lowest BCUT2D eigenvalue weighted by molar-refractivity contribution is -0.438. The van der Waals surface area contributed by atoms with E-state index < -0.39 is 20.2 Å². The number of ether oxygens (including phenoxy) is 1. The fourth-order valence-electron chi connectivity index (χ4n) is 9.46. The van der Waals surface area contributed by atoms with Gasteiger partial charge in [-0.1, -0.05) is 68.8 Å². The summed E-state index contributed by atoms with van der Waals surface area (Å²) in [4.78, 5) is 2.03. The van der Waals surface area contributed by atoms with E-state index in [0.29, 0.717) is 30.9 Å². The second-order valence-electron chi connectivity index (χ2n) is 17.6. The first-order valence-electron chi connectivity index (χ1n) is 21.7. The molecule has 1 aliphatic carbocycles. The molecule has 0 bridgehead atoms. The maximum absolute atomic E-state index is 11.9. The zero-order valence-electron chi connectivity index (χ0n) is 36.2. The van der Waals surface area contributed by atoms with Gasteiger partial charge in [0.15, 0.2) is 5.71 Å². The second-order valence-corrected chi connectivity index (χ2v) is 20.6. The molecule has 12 heteroatoms. The minimum Gasteiger partial charge on any atom is -0.457 e. The normalized spacial score (nSPS) is 18.7. The van der Waals surface area contributed by atoms with Crippen LogP contribution in [0.25, 0.3) is 10.8 Å². The molecule has 0 atom stereocenters. The lowest BCUT2D eigenvalue weighted by Crippen LogP contribution is -2.28. The van der Waals surface area contributed by atoms with Gasteiger partial charge in [-0.2, -0.15) is 21.4 Å². The number of nitrogens with zero attached hydrogens (tertiary/aromatic N) is 2. The van der Waals surface area contributed by atoms with Crippen LogP contribution in [0.2, 0.25) is 0 Å². The van der Waals surface area contributed by atoms with E-state index >= 15 is 0 Å². The number of benzene rings is 4. The Morgan fingerprint density at radius 3 is 2.23 bits per heavy atom. The molecule has 0 amide bonds. The Morgan fingerprint density at radius 2 is 1.48 bits per heavy atom. The van der Waals surface area contributed by atoms with E-state index in [0.717, 1.165) is 74.0 Å². The molecule has 0 aromatic heterocycles. The molecule has 7 rings (SSSR count). The summed E-state index contributed by atoms with van der Waals surface area (Å²) >= 11 is 0. The van der Waals surface area contributed by atoms with Crippen LogP contribution in [0.3, 0.4) is 0 Å². The van der Waals surface area contributed by atoms with Gasteiger partial charge < -0.3 is 14.7 Å². The third kappa shape index (κ3) is 9.70. The highest BCUT2D eigenvalue weighted by Crippen LogP contribution is 2.48. The molecule has 3 N–H and O–H groups in total. The summed E-state index contributed by atoms with van der Waals surface area (Å²) < 4.78 is 75.1. The largest absolute Gasteiger partial charge is 0.457 e. The van der Waals surface area contributed by atoms with Crippen LogP contribution in [0, 0.1) is 0 Å². The van der Waals surface area contributed by atoms with Crippen LogP contribution in [-0.4, -0.2) is 66.8 Å². The van der Waals surface area contributed by atoms with Crippen molar-refractivity contribution >= 4 is 48.1 Å². The van der Waals surface area contributed by atoms with Crippen LogP contribution < -0.4 is 9.64 Å². The maximum atomic E-state index is 11.9. The number of para-hydroxylation sites is 1. The van der Waals surface area contributed by atoms with E-state index in [9.17, 15) is 31.0 Å². The van der Waals surface area contributed by atoms with Crippen LogP contribution >= 0.6 is 0 Å². The molecule has 0 unspecified atom stereocenters. The van der Waals surface area contributed by atoms with Crippen molar-refractivity contribution in [1.29, 1.82) is 0 Å². The van der Waals surface area contributed by atoms with Gasteiger partial charge in [-0.25, -0.2) is 0 Å². The van der Waals surface area contributed by atoms with E-state index in [1.165, 1.54) is 45.4 Å². The fraction of sp³-hybridized carbons (Fsp3) is 0.380. The maximum Gasteiger partial charge on any atom is 0.294 e. The average Bonchev–Trinajstić information content (AvgIpc) is 3.58. The van der Waals surface area contributed by atoms with Crippen molar-refractivity contribution in [2.75, 3.05) is 30.3 Å². The van der Waals surface area contributed by atoms with Gasteiger partial charge in [0, 0.05) is 54.1 Å². The van der Waals surface area contributed by atoms with Crippen molar-refractivity contribution in [3.63, 3.8) is 0 Å². The predicted molar refractivity (Wildman–Crippen MR) is 248 cm³/mol. The highest BCUT2D eigenvalue weighted by Gasteiger charge is 2.45. The lowest BCUT2D eigenvalue weighted by Gasteiger charge is -2.27. The monoisotopic (exact) mass is 879 g/mol. The smallest absolute Gasteiger partial charge is 0.294 e. The summed E-state index contributed by atoms with van der Waals surface area (Å²) in [6.45, 7) is 10.6. The number of hydrogen-bond donors (Lipinski definition) is 3. The molecule has 0 saturated heterocycles. The first-order chi connectivity index (χ1) is 29.5. The van der Waals surface area contributed by atoms with E-state index in [1.54, 1.807) is 12.1 Å². The number of rotatable bonds is 17. The Balaban J connectivity index is 1.31. The zero-order valence-corrected chi connectivity index (χ0v) is 37.8. The van der Waals surface area contributed by atoms with Gasteiger partial charge in [-0.05, 0) is 135 Å². The molecule has 0 radical (unpaired) electrons. The minimum absolute atomic E-state index is 0.201. The van der Waals surface area contributed by atoms with Crippen LogP contribution in [0.15, 0.2) is 137 Å². The van der Waals surface area contributed by atoms with Gasteiger partial charge in [0.25, 0.3) is 20.2 Å². The van der Waals surface area contributed by atoms with Crippen molar-refractivity contribution < 1.29 is 40.4 Å². The fourth-order valence-corrected chi connectivity index (χ4v) is 10.5. The van der Waals surface area contributed by atoms with Crippen molar-refractivity contribution in [2.24, 2.45) is 0 Å². The van der Waals surface area contributed by atoms with Crippen molar-refractivity contribution in [1.82, 2.24) is 0 Å². The van der Waals surface area contributed by atoms with E-state index in [2.05, 4.69) is 110 Å². The molecular weight excluding hydrogens is 821 g/mol. The van der Waals surface area contributed by atoms with Gasteiger partial charge in [0.05, 0.1) is 16.1 Å². The van der Waals surface area contributed by atoms with Gasteiger partial charge in [0.2, 0.25) is 5.69 Å². The molecule has 62 heavy (non-hydrogen) atoms. The highest BCUT2D eigenvalue weighted by molar-refractivity contribution is 7.86. The van der Waals surface area contributed by atoms with Gasteiger partial charge in [-0.3, -0.25) is 9.11 Å². The Bertz CT molecular complexity index is 2710. The van der Waals surface area contributed by atoms with Crippen molar-refractivity contribution in [3.8, 4) is 5.75 Å². The van der Waals surface area contributed by atoms with E-state index in [-0.39, 0.29) is 28.1 Å². The first-order valence-corrected chi connectivity index (χ1v) is 24.7. The quantitative estimate of drug-likeness (QED) is 0.0536. The summed E-state index contributed by atoms with van der Waals surface area (Å²) in [5.41, 5.74) is 8.27. The summed E-state index contributed by atoms with van der Waals surface area (Å²) in [5.74, 6) is 0.834. The van der Waals surface area contributed by atoms with Crippen LogP contribution in [-0.2, 0) is 31.1 Å². The van der Waals surface area contributed by atoms with Crippen LogP contribution in [0.1, 0.15) is 96.6 Å². The molecule has 3 aliphatic rings. The van der Waals surface area contributed by atoms with Gasteiger partial charge >= 0.3 is 0 Å². The van der Waals surface area contributed by atoms with E-state index in [4.69, 9.17) is 4.74 Å². The molecule has 4 aromatic rings. The molecule has 2 heterocycles. The zero-order chi connectivity index (χ0) is 44.3. The number of fused-ring (bicyclic) bond motifs is 4. The van der Waals surface area contributed by atoms with Crippen LogP contribution in [0.5, 0.6) is 5.75 Å². The standard InChI is InChI=1S/C50H58N2O8S2/c1-49(2)42-20-9-10-21-43(42)51(33-12-14-35-61(54,55)56)45(49)30-23-37-17-15-18-38(48(37)60-39-25-27-40(28-26-39)62(57,58)59)24-31-46-50(3,4)47-41-19-8-7-16-36(41)22-29-44(47)52(46)32-11-5-6-13-34-53/h7-10,16,19-31,53H,5-6,11-15,17-18,32-35H2,1-4H3,(H-,54,55,56,57,58,59)/p+1. The molecule has 328 valence electrons. The minimum atomic E-state index is -4.39. The number of hydrogen-bond acceptors (Lipinski definition) is 7. The molecule has 0 saturated carbocycles. The number of allylic oxidation sites excluding steroid dienone is 7. The number of aliphatic hydroxyl groups excluding tert-OH is 1. The van der Waals surface area contributed by atoms with Crippen molar-refractivity contribution in [3.05, 3.63) is 143 Å². The summed E-state index contributed by atoms with van der Waals surface area (Å²) in [6, 6.07) is 27.0. The average molecular weight is 880 g/mol. The Kier molecular flexibility index (Phi) is 13.5. The van der Waals surface area contributed by atoms with E-state index in [1.807, 2.05) is 12.1 Å². The Labute approximate surface area is 367 Å². The molecular formula is C50H59N2O8S2+. The third-order valence-electron chi connectivity index (χ3n) is 12.6. The van der Waals surface area contributed by atoms with Gasteiger partial charge in [0.1, 0.15) is 18.1 Å². The lowest BCUT2D eigenvalue weighted by atomic mass is 9.78. The van der Waals surface area contributed by atoms with Crippen molar-refractivity contribution in [2.45, 2.75) is 101 Å². The number of aliphatic hydroxyl groups is 1. The second kappa shape index (κ2) is 18.5. The van der Waals surface area contributed by atoms with Crippen LogP contribution in [0.4, 0.5) is 11.4 Å². The molecule has 0 spiro atoms. The topological polar surface area (TPSA) is 144 Å². The first kappa shape index (κ1) is 45.2. The molecule has 2 aliphatic heterocycles. The third-order valence-corrected chi connectivity index (χ3v) is 14.3. The predicted octanol–water partition coefficient (Wildman–Crippen LogP) is 10.4. The summed E-state index contributed by atoms with van der Waals surface area (Å²) in [6.07, 6.45) is 15.7.